The molecule has 0 saturated heterocycles. The first-order valence-corrected chi connectivity index (χ1v) is 10.1. The molecular formula is C25H24N2O4. The van der Waals surface area contributed by atoms with Crippen LogP contribution in [0.25, 0.3) is 0 Å². The fourth-order valence-electron chi connectivity index (χ4n) is 3.56. The Kier molecular flexibility index (Phi) is 5.89. The van der Waals surface area contributed by atoms with E-state index < -0.39 is 6.10 Å². The zero-order valence-corrected chi connectivity index (χ0v) is 17.5. The number of methoxy groups -OCH3 is 1. The SMILES string of the molecule is COc1ccc(C(=O)Nc2ccc3c(c2)CN(Cc2ccccc2)C(=O)C(C)O3)cc1. The molecule has 158 valence electrons. The van der Waals surface area contributed by atoms with Crippen LogP contribution in [0.15, 0.2) is 72.8 Å². The molecule has 31 heavy (non-hydrogen) atoms. The highest BCUT2D eigenvalue weighted by atomic mass is 16.5. The number of amides is 2. The van der Waals surface area contributed by atoms with E-state index in [9.17, 15) is 9.59 Å². The summed E-state index contributed by atoms with van der Waals surface area (Å²) >= 11 is 0. The van der Waals surface area contributed by atoms with E-state index >= 15 is 0 Å². The van der Waals surface area contributed by atoms with Gasteiger partial charge in [-0.05, 0) is 55.0 Å². The number of rotatable bonds is 5. The largest absolute Gasteiger partial charge is 0.497 e. The van der Waals surface area contributed by atoms with E-state index in [1.54, 1.807) is 55.3 Å². The Morgan fingerprint density at radius 1 is 1.10 bits per heavy atom. The van der Waals surface area contributed by atoms with Crippen molar-refractivity contribution in [1.82, 2.24) is 4.90 Å². The van der Waals surface area contributed by atoms with Crippen LogP contribution < -0.4 is 14.8 Å². The molecule has 1 aliphatic heterocycles. The lowest BCUT2D eigenvalue weighted by Gasteiger charge is -2.22. The standard InChI is InChI=1S/C25H24N2O4/c1-17-25(29)27(15-18-6-4-3-5-7-18)16-20-14-21(10-13-23(20)31-17)26-24(28)19-8-11-22(30-2)12-9-19/h3-14,17H,15-16H2,1-2H3,(H,26,28). The molecule has 2 amide bonds. The van der Waals surface area contributed by atoms with Crippen molar-refractivity contribution in [2.75, 3.05) is 12.4 Å². The van der Waals surface area contributed by atoms with Crippen LogP contribution in [0.4, 0.5) is 5.69 Å². The minimum Gasteiger partial charge on any atom is -0.497 e. The summed E-state index contributed by atoms with van der Waals surface area (Å²) in [6.07, 6.45) is -0.579. The molecule has 1 unspecified atom stereocenters. The number of fused-ring (bicyclic) bond motifs is 1. The van der Waals surface area contributed by atoms with E-state index in [1.807, 2.05) is 36.4 Å². The summed E-state index contributed by atoms with van der Waals surface area (Å²) in [4.78, 5) is 27.2. The van der Waals surface area contributed by atoms with E-state index in [1.165, 1.54) is 0 Å². The third kappa shape index (κ3) is 4.69. The quantitative estimate of drug-likeness (QED) is 0.675. The van der Waals surface area contributed by atoms with Gasteiger partial charge in [0.2, 0.25) is 0 Å². The number of benzene rings is 3. The van der Waals surface area contributed by atoms with Gasteiger partial charge in [-0.15, -0.1) is 0 Å². The molecule has 3 aromatic rings. The van der Waals surface area contributed by atoms with Gasteiger partial charge in [-0.3, -0.25) is 9.59 Å². The fourth-order valence-corrected chi connectivity index (χ4v) is 3.56. The van der Waals surface area contributed by atoms with Gasteiger partial charge in [0.1, 0.15) is 11.5 Å². The number of anilines is 1. The van der Waals surface area contributed by atoms with Gasteiger partial charge in [0.25, 0.3) is 11.8 Å². The maximum atomic E-state index is 12.8. The zero-order chi connectivity index (χ0) is 21.8. The topological polar surface area (TPSA) is 67.9 Å². The van der Waals surface area contributed by atoms with Crippen LogP contribution in [0, 0.1) is 0 Å². The van der Waals surface area contributed by atoms with Crippen molar-refractivity contribution in [3.8, 4) is 11.5 Å². The van der Waals surface area contributed by atoms with E-state index in [-0.39, 0.29) is 11.8 Å². The van der Waals surface area contributed by atoms with Crippen molar-refractivity contribution >= 4 is 17.5 Å². The van der Waals surface area contributed by atoms with Crippen LogP contribution in [0.5, 0.6) is 11.5 Å². The number of carbonyl (C=O) groups is 2. The van der Waals surface area contributed by atoms with Crippen molar-refractivity contribution in [3.05, 3.63) is 89.5 Å². The molecule has 0 fully saturated rings. The van der Waals surface area contributed by atoms with Crippen LogP contribution >= 0.6 is 0 Å². The molecule has 0 spiro atoms. The van der Waals surface area contributed by atoms with Crippen molar-refractivity contribution < 1.29 is 19.1 Å². The van der Waals surface area contributed by atoms with Crippen LogP contribution in [0.3, 0.4) is 0 Å². The van der Waals surface area contributed by atoms with Gasteiger partial charge < -0.3 is 19.7 Å². The average Bonchev–Trinajstić information content (AvgIpc) is 2.91. The second-order valence-electron chi connectivity index (χ2n) is 7.45. The minimum absolute atomic E-state index is 0.0659. The summed E-state index contributed by atoms with van der Waals surface area (Å²) in [6.45, 7) is 2.66. The second kappa shape index (κ2) is 8.92. The smallest absolute Gasteiger partial charge is 0.263 e. The Balaban J connectivity index is 1.54. The number of nitrogens with one attached hydrogen (secondary N) is 1. The molecule has 0 saturated carbocycles. The minimum atomic E-state index is -0.579. The van der Waals surface area contributed by atoms with Crippen molar-refractivity contribution in [3.63, 3.8) is 0 Å². The molecule has 0 bridgehead atoms. The molecule has 0 radical (unpaired) electrons. The third-order valence-electron chi connectivity index (χ3n) is 5.21. The fraction of sp³-hybridized carbons (Fsp3) is 0.200. The molecule has 6 nitrogen and oxygen atoms in total. The lowest BCUT2D eigenvalue weighted by molar-refractivity contribution is -0.138. The summed E-state index contributed by atoms with van der Waals surface area (Å²) in [5, 5.41) is 2.91. The first kappa shape index (κ1) is 20.5. The molecular weight excluding hydrogens is 392 g/mol. The van der Waals surface area contributed by atoms with Crippen LogP contribution in [0.1, 0.15) is 28.4 Å². The van der Waals surface area contributed by atoms with Crippen molar-refractivity contribution in [1.29, 1.82) is 0 Å². The van der Waals surface area contributed by atoms with Gasteiger partial charge in [-0.1, -0.05) is 30.3 Å². The monoisotopic (exact) mass is 416 g/mol. The van der Waals surface area contributed by atoms with Gasteiger partial charge >= 0.3 is 0 Å². The molecule has 1 aliphatic rings. The maximum Gasteiger partial charge on any atom is 0.263 e. The average molecular weight is 416 g/mol. The summed E-state index contributed by atoms with van der Waals surface area (Å²) in [5.41, 5.74) is 3.07. The first-order chi connectivity index (χ1) is 15.0. The normalized spacial score (nSPS) is 15.5. The molecule has 1 heterocycles. The van der Waals surface area contributed by atoms with E-state index in [0.29, 0.717) is 35.8 Å². The predicted octanol–water partition coefficient (Wildman–Crippen LogP) is 4.26. The Morgan fingerprint density at radius 3 is 2.55 bits per heavy atom. The molecule has 3 aromatic carbocycles. The number of carbonyl (C=O) groups excluding carboxylic acids is 2. The van der Waals surface area contributed by atoms with E-state index in [4.69, 9.17) is 9.47 Å². The highest BCUT2D eigenvalue weighted by Gasteiger charge is 2.28. The molecule has 6 heteroatoms. The molecule has 0 aromatic heterocycles. The summed E-state index contributed by atoms with van der Waals surface area (Å²) in [7, 11) is 1.58. The lowest BCUT2D eigenvalue weighted by atomic mass is 10.1. The van der Waals surface area contributed by atoms with Crippen LogP contribution in [0.2, 0.25) is 0 Å². The second-order valence-corrected chi connectivity index (χ2v) is 7.45. The maximum absolute atomic E-state index is 12.8. The van der Waals surface area contributed by atoms with Gasteiger partial charge in [-0.2, -0.15) is 0 Å². The highest BCUT2D eigenvalue weighted by molar-refractivity contribution is 6.04. The molecule has 4 rings (SSSR count). The van der Waals surface area contributed by atoms with Gasteiger partial charge in [0.15, 0.2) is 6.10 Å². The molecule has 1 N–H and O–H groups in total. The van der Waals surface area contributed by atoms with E-state index in [0.717, 1.165) is 11.1 Å². The third-order valence-corrected chi connectivity index (χ3v) is 5.21. The predicted molar refractivity (Wildman–Crippen MR) is 118 cm³/mol. The van der Waals surface area contributed by atoms with Gasteiger partial charge in [-0.25, -0.2) is 0 Å². The van der Waals surface area contributed by atoms with Crippen LogP contribution in [-0.2, 0) is 17.9 Å². The van der Waals surface area contributed by atoms with Crippen molar-refractivity contribution in [2.24, 2.45) is 0 Å². The number of nitrogens with zero attached hydrogens (tertiary/aromatic N) is 1. The summed E-state index contributed by atoms with van der Waals surface area (Å²) in [5.74, 6) is 1.06. The van der Waals surface area contributed by atoms with Gasteiger partial charge in [0, 0.05) is 29.9 Å². The number of ether oxygens (including phenoxy) is 2. The Bertz CT molecular complexity index is 1080. The van der Waals surface area contributed by atoms with Crippen molar-refractivity contribution in [2.45, 2.75) is 26.1 Å². The summed E-state index contributed by atoms with van der Waals surface area (Å²) < 4.78 is 11.0. The first-order valence-electron chi connectivity index (χ1n) is 10.1. The number of hydrogen-bond donors (Lipinski definition) is 1. The molecule has 0 aliphatic carbocycles. The molecule has 1 atom stereocenters. The van der Waals surface area contributed by atoms with Crippen LogP contribution in [-0.4, -0.2) is 29.9 Å². The lowest BCUT2D eigenvalue weighted by Crippen LogP contribution is -2.37. The Labute approximate surface area is 181 Å². The van der Waals surface area contributed by atoms with Gasteiger partial charge in [0.05, 0.1) is 7.11 Å². The Morgan fingerprint density at radius 2 is 1.84 bits per heavy atom. The number of hydrogen-bond acceptors (Lipinski definition) is 4. The summed E-state index contributed by atoms with van der Waals surface area (Å²) in [6, 6.07) is 22.2. The zero-order valence-electron chi connectivity index (χ0n) is 17.5. The highest BCUT2D eigenvalue weighted by Crippen LogP contribution is 2.29. The van der Waals surface area contributed by atoms with E-state index in [2.05, 4.69) is 5.32 Å². The Hall–Kier alpha value is -3.80.